The lowest BCUT2D eigenvalue weighted by Gasteiger charge is -2.24. The maximum absolute atomic E-state index is 12.6. The molecule has 2 heterocycles. The number of aromatic nitrogens is 2. The number of rotatable bonds is 4. The topological polar surface area (TPSA) is 74.8 Å². The predicted octanol–water partition coefficient (Wildman–Crippen LogP) is 3.79. The summed E-state index contributed by atoms with van der Waals surface area (Å²) in [5.41, 5.74) is 1.14. The summed E-state index contributed by atoms with van der Waals surface area (Å²) in [5.74, 6) is 0.0371. The highest BCUT2D eigenvalue weighted by Crippen LogP contribution is 2.34. The lowest BCUT2D eigenvalue weighted by Crippen LogP contribution is -2.40. The van der Waals surface area contributed by atoms with E-state index in [2.05, 4.69) is 15.3 Å². The molecule has 0 spiro atoms. The van der Waals surface area contributed by atoms with Crippen LogP contribution in [0.5, 0.6) is 0 Å². The first-order chi connectivity index (χ1) is 12.6. The Kier molecular flexibility index (Phi) is 5.36. The highest BCUT2D eigenvalue weighted by Gasteiger charge is 2.23. The quantitative estimate of drug-likeness (QED) is 0.614. The van der Waals surface area contributed by atoms with Gasteiger partial charge in [-0.05, 0) is 51.0 Å². The molecule has 0 saturated heterocycles. The van der Waals surface area contributed by atoms with Crippen molar-refractivity contribution in [3.63, 3.8) is 0 Å². The lowest BCUT2D eigenvalue weighted by atomic mass is 9.95. The number of hydrogen-bond acceptors (Lipinski definition) is 5. The van der Waals surface area contributed by atoms with Crippen LogP contribution in [-0.4, -0.2) is 27.2 Å². The average molecular weight is 392 g/mol. The Morgan fingerprint density at radius 2 is 2.00 bits per heavy atom. The van der Waals surface area contributed by atoms with E-state index in [9.17, 15) is 9.59 Å². The van der Waals surface area contributed by atoms with Crippen LogP contribution >= 0.6 is 23.1 Å². The molecule has 1 saturated carbocycles. The van der Waals surface area contributed by atoms with E-state index < -0.39 is 0 Å². The number of carbonyl (C=O) groups excluding carboxylic acids is 1. The minimum absolute atomic E-state index is 0.0371. The number of hydrogen-bond donors (Lipinski definition) is 2. The Morgan fingerprint density at radius 1 is 1.23 bits per heavy atom. The number of nitrogens with one attached hydrogen (secondary N) is 2. The van der Waals surface area contributed by atoms with Crippen molar-refractivity contribution in [3.8, 4) is 0 Å². The van der Waals surface area contributed by atoms with Crippen molar-refractivity contribution in [3.05, 3.63) is 20.8 Å². The van der Waals surface area contributed by atoms with E-state index in [1.54, 1.807) is 11.3 Å². The number of aryl methyl sites for hydroxylation is 2. The SMILES string of the molecule is C[C@@H](Sc1nc2sc3c(c2c(=O)[nH]1)CCCC3)C(=O)NC1CCCCC1. The summed E-state index contributed by atoms with van der Waals surface area (Å²) < 4.78 is 0. The van der Waals surface area contributed by atoms with E-state index in [0.717, 1.165) is 42.3 Å². The molecule has 1 amide bonds. The van der Waals surface area contributed by atoms with Crippen molar-refractivity contribution < 1.29 is 4.79 Å². The van der Waals surface area contributed by atoms with Gasteiger partial charge in [0.25, 0.3) is 5.56 Å². The highest BCUT2D eigenvalue weighted by molar-refractivity contribution is 8.00. The second-order valence-electron chi connectivity index (χ2n) is 7.37. The Balaban J connectivity index is 1.49. The Morgan fingerprint density at radius 3 is 2.81 bits per heavy atom. The largest absolute Gasteiger partial charge is 0.352 e. The molecule has 1 fully saturated rings. The fraction of sp³-hybridized carbons (Fsp3) is 0.632. The van der Waals surface area contributed by atoms with Gasteiger partial charge in [-0.1, -0.05) is 31.0 Å². The van der Waals surface area contributed by atoms with Gasteiger partial charge in [0.1, 0.15) is 4.83 Å². The first-order valence-corrected chi connectivity index (χ1v) is 11.3. The molecule has 0 bridgehead atoms. The molecule has 140 valence electrons. The zero-order chi connectivity index (χ0) is 18.1. The summed E-state index contributed by atoms with van der Waals surface area (Å²) in [7, 11) is 0. The molecule has 26 heavy (non-hydrogen) atoms. The summed E-state index contributed by atoms with van der Waals surface area (Å²) in [5, 5.41) is 4.20. The molecule has 7 heteroatoms. The van der Waals surface area contributed by atoms with Crippen molar-refractivity contribution in [1.82, 2.24) is 15.3 Å². The van der Waals surface area contributed by atoms with Gasteiger partial charge in [0.15, 0.2) is 5.16 Å². The fourth-order valence-electron chi connectivity index (χ4n) is 3.99. The highest BCUT2D eigenvalue weighted by atomic mass is 32.2. The number of carbonyl (C=O) groups is 1. The van der Waals surface area contributed by atoms with Gasteiger partial charge >= 0.3 is 0 Å². The molecule has 2 aromatic heterocycles. The third kappa shape index (κ3) is 3.69. The summed E-state index contributed by atoms with van der Waals surface area (Å²) in [6, 6.07) is 0.304. The van der Waals surface area contributed by atoms with E-state index in [-0.39, 0.29) is 16.7 Å². The van der Waals surface area contributed by atoms with Crippen LogP contribution in [0.1, 0.15) is 62.3 Å². The number of H-pyrrole nitrogens is 1. The van der Waals surface area contributed by atoms with Crippen LogP contribution in [0, 0.1) is 0 Å². The zero-order valence-electron chi connectivity index (χ0n) is 15.1. The third-order valence-electron chi connectivity index (χ3n) is 5.41. The number of thiophene rings is 1. The Labute approximate surface area is 161 Å². The molecule has 0 radical (unpaired) electrons. The van der Waals surface area contributed by atoms with Crippen molar-refractivity contribution in [1.29, 1.82) is 0 Å². The molecule has 2 aliphatic carbocycles. The van der Waals surface area contributed by atoms with Crippen LogP contribution < -0.4 is 10.9 Å². The molecule has 2 N–H and O–H groups in total. The summed E-state index contributed by atoms with van der Waals surface area (Å²) in [6.07, 6.45) is 10.2. The summed E-state index contributed by atoms with van der Waals surface area (Å²) >= 11 is 2.99. The van der Waals surface area contributed by atoms with Crippen LogP contribution in [-0.2, 0) is 17.6 Å². The van der Waals surface area contributed by atoms with Crippen LogP contribution in [0.4, 0.5) is 0 Å². The van der Waals surface area contributed by atoms with Crippen LogP contribution in [0.3, 0.4) is 0 Å². The Bertz CT molecular complexity index is 868. The molecule has 2 aliphatic rings. The zero-order valence-corrected chi connectivity index (χ0v) is 16.7. The van der Waals surface area contributed by atoms with E-state index in [0.29, 0.717) is 11.2 Å². The molecular weight excluding hydrogens is 366 g/mol. The van der Waals surface area contributed by atoms with E-state index in [1.165, 1.54) is 47.9 Å². The summed E-state index contributed by atoms with van der Waals surface area (Å²) in [6.45, 7) is 1.88. The van der Waals surface area contributed by atoms with Gasteiger partial charge < -0.3 is 10.3 Å². The van der Waals surface area contributed by atoms with E-state index >= 15 is 0 Å². The standard InChI is InChI=1S/C19H25N3O2S2/c1-11(16(23)20-12-7-3-2-4-8-12)25-19-21-17(24)15-13-9-5-6-10-14(13)26-18(15)22-19/h11-12H,2-10H2,1H3,(H,20,23)(H,21,22,24)/t11-/m1/s1. The van der Waals surface area contributed by atoms with Gasteiger partial charge in [-0.25, -0.2) is 4.98 Å². The van der Waals surface area contributed by atoms with Gasteiger partial charge in [-0.15, -0.1) is 11.3 Å². The van der Waals surface area contributed by atoms with Crippen molar-refractivity contribution in [2.45, 2.75) is 81.2 Å². The smallest absolute Gasteiger partial charge is 0.260 e. The third-order valence-corrected chi connectivity index (χ3v) is 7.58. The van der Waals surface area contributed by atoms with E-state index in [4.69, 9.17) is 0 Å². The number of nitrogens with zero attached hydrogens (tertiary/aromatic N) is 1. The molecule has 4 rings (SSSR count). The average Bonchev–Trinajstić information content (AvgIpc) is 3.01. The Hall–Kier alpha value is -1.34. The van der Waals surface area contributed by atoms with Crippen molar-refractivity contribution in [2.75, 3.05) is 0 Å². The fourth-order valence-corrected chi connectivity index (χ4v) is 6.11. The molecule has 1 atom stereocenters. The molecule has 0 aromatic carbocycles. The maximum atomic E-state index is 12.6. The van der Waals surface area contributed by atoms with Gasteiger partial charge in [-0.3, -0.25) is 9.59 Å². The second kappa shape index (κ2) is 7.72. The number of amides is 1. The number of thioether (sulfide) groups is 1. The van der Waals surface area contributed by atoms with Crippen LogP contribution in [0.25, 0.3) is 10.2 Å². The molecular formula is C19H25N3O2S2. The van der Waals surface area contributed by atoms with Crippen molar-refractivity contribution >= 4 is 39.2 Å². The van der Waals surface area contributed by atoms with Crippen molar-refractivity contribution in [2.24, 2.45) is 0 Å². The maximum Gasteiger partial charge on any atom is 0.260 e. The molecule has 0 unspecified atom stereocenters. The van der Waals surface area contributed by atoms with E-state index in [1.807, 2.05) is 6.92 Å². The second-order valence-corrected chi connectivity index (χ2v) is 9.78. The summed E-state index contributed by atoms with van der Waals surface area (Å²) in [4.78, 5) is 34.8. The lowest BCUT2D eigenvalue weighted by molar-refractivity contribution is -0.121. The number of fused-ring (bicyclic) bond motifs is 3. The normalized spacial score (nSPS) is 19.3. The monoisotopic (exact) mass is 391 g/mol. The first kappa shape index (κ1) is 18.0. The van der Waals surface area contributed by atoms with Gasteiger partial charge in [0.2, 0.25) is 5.91 Å². The minimum Gasteiger partial charge on any atom is -0.352 e. The molecule has 5 nitrogen and oxygen atoms in total. The van der Waals surface area contributed by atoms with Gasteiger partial charge in [0.05, 0.1) is 10.6 Å². The predicted molar refractivity (Wildman–Crippen MR) is 107 cm³/mol. The molecule has 2 aromatic rings. The van der Waals surface area contributed by atoms with Crippen LogP contribution in [0.15, 0.2) is 9.95 Å². The van der Waals surface area contributed by atoms with Crippen LogP contribution in [0.2, 0.25) is 0 Å². The minimum atomic E-state index is -0.271. The molecule has 0 aliphatic heterocycles. The van der Waals surface area contributed by atoms with Gasteiger partial charge in [-0.2, -0.15) is 0 Å². The van der Waals surface area contributed by atoms with Gasteiger partial charge in [0, 0.05) is 10.9 Å². The first-order valence-electron chi connectivity index (χ1n) is 9.63. The number of aromatic amines is 1.